The summed E-state index contributed by atoms with van der Waals surface area (Å²) in [6.45, 7) is 2.27. The van der Waals surface area contributed by atoms with Crippen molar-refractivity contribution in [3.63, 3.8) is 0 Å². The molecule has 0 atom stereocenters. The number of hydrogen-bond donors (Lipinski definition) is 1. The number of rotatable bonds is 16. The number of hydrogen-bond acceptors (Lipinski definition) is 2. The predicted molar refractivity (Wildman–Crippen MR) is 117 cm³/mol. The van der Waals surface area contributed by atoms with Crippen molar-refractivity contribution in [3.05, 3.63) is 29.8 Å². The molecule has 0 aliphatic heterocycles. The average molecular weight is 423 g/mol. The van der Waals surface area contributed by atoms with E-state index >= 15 is 0 Å². The molecule has 152 valence electrons. The van der Waals surface area contributed by atoms with Crippen LogP contribution in [0.3, 0.4) is 0 Å². The van der Waals surface area contributed by atoms with E-state index in [9.17, 15) is 8.42 Å². The van der Waals surface area contributed by atoms with Gasteiger partial charge in [0.15, 0.2) is 0 Å². The predicted octanol–water partition coefficient (Wildman–Crippen LogP) is 6.31. The molecule has 5 heteroatoms. The minimum absolute atomic E-state index is 0. The standard InChI is InChI=1S/C22H38O3S.K.H/c1-2-3-4-5-6-7-8-9-10-11-12-13-14-15-17-21-18-16-19-22(20-21)26(23,24)25;;/h16,18-20H,2-15,17H2,1H3,(H,23,24,25);;. The SMILES string of the molecule is CCCCCCCCCCCCCCCCc1cccc(S(=O)(=O)O)c1.[KH]. The molecule has 0 aliphatic rings. The Morgan fingerprint density at radius 3 is 1.63 bits per heavy atom. The third-order valence-electron chi connectivity index (χ3n) is 5.02. The first-order valence-corrected chi connectivity index (χ1v) is 12.0. The van der Waals surface area contributed by atoms with Crippen LogP contribution < -0.4 is 0 Å². The van der Waals surface area contributed by atoms with Crippen LogP contribution in [0.25, 0.3) is 0 Å². The fourth-order valence-corrected chi connectivity index (χ4v) is 3.94. The van der Waals surface area contributed by atoms with Crippen LogP contribution in [0.1, 0.15) is 102 Å². The van der Waals surface area contributed by atoms with E-state index in [0.29, 0.717) is 0 Å². The van der Waals surface area contributed by atoms with E-state index in [2.05, 4.69) is 6.92 Å². The number of unbranched alkanes of at least 4 members (excludes halogenated alkanes) is 13. The van der Waals surface area contributed by atoms with Gasteiger partial charge in [0.1, 0.15) is 0 Å². The monoisotopic (exact) mass is 422 g/mol. The topological polar surface area (TPSA) is 54.4 Å². The zero-order chi connectivity index (χ0) is 19.1. The van der Waals surface area contributed by atoms with Crippen LogP contribution in [-0.2, 0) is 16.5 Å². The molecule has 0 saturated heterocycles. The van der Waals surface area contributed by atoms with Crippen molar-refractivity contribution in [2.75, 3.05) is 0 Å². The Hall–Kier alpha value is 0.766. The van der Waals surface area contributed by atoms with Crippen molar-refractivity contribution in [1.29, 1.82) is 0 Å². The van der Waals surface area contributed by atoms with Gasteiger partial charge >= 0.3 is 51.4 Å². The van der Waals surface area contributed by atoms with E-state index in [-0.39, 0.29) is 56.3 Å². The van der Waals surface area contributed by atoms with Gasteiger partial charge in [-0.05, 0) is 30.5 Å². The van der Waals surface area contributed by atoms with Crippen LogP contribution in [0, 0.1) is 0 Å². The molecule has 0 heterocycles. The second-order valence-electron chi connectivity index (χ2n) is 7.47. The summed E-state index contributed by atoms with van der Waals surface area (Å²) in [4.78, 5) is 0.000337. The molecule has 0 saturated carbocycles. The van der Waals surface area contributed by atoms with Crippen LogP contribution in [0.2, 0.25) is 0 Å². The van der Waals surface area contributed by atoms with Gasteiger partial charge in [0, 0.05) is 0 Å². The van der Waals surface area contributed by atoms with Crippen LogP contribution in [0.5, 0.6) is 0 Å². The fourth-order valence-electron chi connectivity index (χ4n) is 3.39. The molecule has 27 heavy (non-hydrogen) atoms. The molecule has 1 aromatic carbocycles. The van der Waals surface area contributed by atoms with E-state index in [1.54, 1.807) is 12.1 Å². The van der Waals surface area contributed by atoms with E-state index < -0.39 is 10.1 Å². The molecular formula is C22H39KO3S. The summed E-state index contributed by atoms with van der Waals surface area (Å²) in [5, 5.41) is 0. The van der Waals surface area contributed by atoms with Gasteiger partial charge in [0.25, 0.3) is 10.1 Å². The van der Waals surface area contributed by atoms with Gasteiger partial charge in [0.05, 0.1) is 4.90 Å². The molecule has 0 aromatic heterocycles. The normalized spacial score (nSPS) is 11.3. The van der Waals surface area contributed by atoms with Crippen LogP contribution in [0.15, 0.2) is 29.2 Å². The van der Waals surface area contributed by atoms with E-state index in [4.69, 9.17) is 4.55 Å². The Morgan fingerprint density at radius 2 is 1.19 bits per heavy atom. The first kappa shape index (κ1) is 27.8. The molecule has 0 spiro atoms. The molecule has 0 unspecified atom stereocenters. The number of aryl methyl sites for hydroxylation is 1. The summed E-state index contributed by atoms with van der Waals surface area (Å²) in [5.41, 5.74) is 0.985. The van der Waals surface area contributed by atoms with E-state index in [1.807, 2.05) is 6.07 Å². The third-order valence-corrected chi connectivity index (χ3v) is 5.86. The Balaban J connectivity index is 0.00000676. The molecule has 3 nitrogen and oxygen atoms in total. The first-order valence-electron chi connectivity index (χ1n) is 10.6. The van der Waals surface area contributed by atoms with Crippen molar-refractivity contribution in [1.82, 2.24) is 0 Å². The quantitative estimate of drug-likeness (QED) is 0.193. The second kappa shape index (κ2) is 17.6. The van der Waals surface area contributed by atoms with Crippen LogP contribution >= 0.6 is 0 Å². The van der Waals surface area contributed by atoms with Gasteiger partial charge in [-0.15, -0.1) is 0 Å². The Labute approximate surface area is 210 Å². The van der Waals surface area contributed by atoms with Crippen LogP contribution in [-0.4, -0.2) is 64.4 Å². The molecular weight excluding hydrogens is 383 g/mol. The van der Waals surface area contributed by atoms with Gasteiger partial charge in [-0.25, -0.2) is 0 Å². The summed E-state index contributed by atoms with van der Waals surface area (Å²) < 4.78 is 31.4. The molecule has 0 fully saturated rings. The molecule has 1 aromatic rings. The minimum atomic E-state index is -4.08. The molecule has 0 amide bonds. The van der Waals surface area contributed by atoms with Crippen molar-refractivity contribution in [3.8, 4) is 0 Å². The summed E-state index contributed by atoms with van der Waals surface area (Å²) in [6, 6.07) is 6.64. The number of benzene rings is 1. The summed E-state index contributed by atoms with van der Waals surface area (Å²) in [7, 11) is -4.08. The maximum atomic E-state index is 11.1. The Morgan fingerprint density at radius 1 is 0.741 bits per heavy atom. The van der Waals surface area contributed by atoms with Crippen LogP contribution in [0.4, 0.5) is 0 Å². The first-order chi connectivity index (χ1) is 12.5. The van der Waals surface area contributed by atoms with Gasteiger partial charge in [-0.1, -0.05) is 103 Å². The second-order valence-corrected chi connectivity index (χ2v) is 8.89. The summed E-state index contributed by atoms with van der Waals surface area (Å²) in [5.74, 6) is 0. The van der Waals surface area contributed by atoms with Gasteiger partial charge in [-0.3, -0.25) is 4.55 Å². The van der Waals surface area contributed by atoms with E-state index in [0.717, 1.165) is 18.4 Å². The van der Waals surface area contributed by atoms with E-state index in [1.165, 1.54) is 89.5 Å². The van der Waals surface area contributed by atoms with Crippen molar-refractivity contribution < 1.29 is 13.0 Å². The molecule has 0 bridgehead atoms. The third kappa shape index (κ3) is 15.3. The van der Waals surface area contributed by atoms with Gasteiger partial charge in [0.2, 0.25) is 0 Å². The average Bonchev–Trinajstić information content (AvgIpc) is 2.61. The van der Waals surface area contributed by atoms with Gasteiger partial charge < -0.3 is 0 Å². The van der Waals surface area contributed by atoms with Crippen molar-refractivity contribution >= 4 is 61.5 Å². The summed E-state index contributed by atoms with van der Waals surface area (Å²) in [6.07, 6.45) is 19.6. The Kier molecular flexibility index (Phi) is 18.1. The molecule has 1 N–H and O–H groups in total. The fraction of sp³-hybridized carbons (Fsp3) is 0.727. The molecule has 0 aliphatic carbocycles. The molecule has 0 radical (unpaired) electrons. The van der Waals surface area contributed by atoms with Crippen molar-refractivity contribution in [2.24, 2.45) is 0 Å². The van der Waals surface area contributed by atoms with Gasteiger partial charge in [-0.2, -0.15) is 8.42 Å². The molecule has 1 rings (SSSR count). The maximum absolute atomic E-state index is 11.1. The summed E-state index contributed by atoms with van der Waals surface area (Å²) >= 11 is 0. The zero-order valence-electron chi connectivity index (χ0n) is 16.6. The Bertz CT molecular complexity index is 573. The van der Waals surface area contributed by atoms with Crippen molar-refractivity contribution in [2.45, 2.75) is 108 Å². The zero-order valence-corrected chi connectivity index (χ0v) is 17.4.